The van der Waals surface area contributed by atoms with Gasteiger partial charge in [-0.1, -0.05) is 12.7 Å². The van der Waals surface area contributed by atoms with Gasteiger partial charge in [-0.2, -0.15) is 0 Å². The summed E-state index contributed by atoms with van der Waals surface area (Å²) in [5.41, 5.74) is 0. The molecule has 2 nitrogen and oxygen atoms in total. The summed E-state index contributed by atoms with van der Waals surface area (Å²) >= 11 is 0. The van der Waals surface area contributed by atoms with E-state index in [1.165, 1.54) is 12.2 Å². The molecule has 0 aliphatic heterocycles. The number of allylic oxidation sites excluding steroid dienone is 1. The molecule has 0 unspecified atom stereocenters. The molecule has 0 aromatic carbocycles. The van der Waals surface area contributed by atoms with Gasteiger partial charge in [-0.25, -0.2) is 0 Å². The number of aliphatic hydroxyl groups is 2. The van der Waals surface area contributed by atoms with Crippen molar-refractivity contribution in [1.29, 1.82) is 0 Å². The highest BCUT2D eigenvalue weighted by molar-refractivity contribution is 4.95. The first-order valence-electron chi connectivity index (χ1n) is 2.33. The molecule has 0 saturated heterocycles. The maximum atomic E-state index is 8.64. The predicted molar refractivity (Wildman–Crippen MR) is 31.3 cm³/mol. The fraction of sp³-hybridized carbons (Fsp3) is 0.333. The molecule has 0 aliphatic carbocycles. The molecule has 0 atom stereocenters. The van der Waals surface area contributed by atoms with Crippen molar-refractivity contribution in [2.75, 3.05) is 6.61 Å². The van der Waals surface area contributed by atoms with Gasteiger partial charge in [0.05, 0.1) is 12.4 Å². The molecule has 2 heteroatoms. The van der Waals surface area contributed by atoms with Gasteiger partial charge in [0.2, 0.25) is 0 Å². The van der Waals surface area contributed by atoms with Crippen LogP contribution in [-0.4, -0.2) is 16.8 Å². The van der Waals surface area contributed by atoms with E-state index in [1.54, 1.807) is 0 Å². The number of hydrogen-bond acceptors (Lipinski definition) is 2. The fourth-order valence-corrected chi connectivity index (χ4v) is 0.309. The van der Waals surface area contributed by atoms with Crippen molar-refractivity contribution >= 4 is 0 Å². The summed E-state index contributed by atoms with van der Waals surface area (Å²) in [4.78, 5) is 0. The lowest BCUT2D eigenvalue weighted by atomic mass is 10.3. The van der Waals surface area contributed by atoms with Crippen LogP contribution in [0.1, 0.15) is 6.42 Å². The van der Waals surface area contributed by atoms with Gasteiger partial charge in [0.1, 0.15) is 0 Å². The van der Waals surface area contributed by atoms with Gasteiger partial charge in [-0.15, -0.1) is 0 Å². The van der Waals surface area contributed by atoms with Crippen molar-refractivity contribution in [2.45, 2.75) is 6.42 Å². The Morgan fingerprint density at radius 3 is 2.62 bits per heavy atom. The quantitative estimate of drug-likeness (QED) is 0.531. The predicted octanol–water partition coefficient (Wildman–Crippen LogP) is 0.800. The third-order valence-corrected chi connectivity index (χ3v) is 0.654. The zero-order valence-corrected chi connectivity index (χ0v) is 4.54. The van der Waals surface area contributed by atoms with Crippen LogP contribution in [0, 0.1) is 6.58 Å². The molecule has 0 amide bonds. The Morgan fingerprint density at radius 2 is 2.25 bits per heavy atom. The fourth-order valence-electron chi connectivity index (χ4n) is 0.309. The highest BCUT2D eigenvalue weighted by Gasteiger charge is 1.83. The second kappa shape index (κ2) is 4.40. The van der Waals surface area contributed by atoms with Gasteiger partial charge in [0, 0.05) is 6.42 Å². The molecule has 0 bridgehead atoms. The summed E-state index contributed by atoms with van der Waals surface area (Å²) in [6.07, 6.45) is 2.94. The van der Waals surface area contributed by atoms with Crippen LogP contribution >= 0.6 is 0 Å². The van der Waals surface area contributed by atoms with Crippen LogP contribution in [0.25, 0.3) is 0 Å². The van der Waals surface area contributed by atoms with E-state index in [0.717, 1.165) is 0 Å². The molecule has 0 aliphatic rings. The maximum Gasteiger partial charge on any atom is 0.0943 e. The average molecular weight is 113 g/mol. The smallest absolute Gasteiger partial charge is 0.0943 e. The summed E-state index contributed by atoms with van der Waals surface area (Å²) in [6.45, 7) is 4.81. The normalized spacial score (nSPS) is 11.4. The number of hydrogen-bond donors (Lipinski definition) is 2. The summed E-state index contributed by atoms with van der Waals surface area (Å²) in [5, 5.41) is 16.8. The van der Waals surface area contributed by atoms with Crippen molar-refractivity contribution < 1.29 is 10.2 Å². The number of rotatable bonds is 3. The lowest BCUT2D eigenvalue weighted by Crippen LogP contribution is -1.80. The Bertz CT molecular complexity index is 94.7. The first kappa shape index (κ1) is 7.24. The van der Waals surface area contributed by atoms with Crippen molar-refractivity contribution in [3.63, 3.8) is 0 Å². The monoisotopic (exact) mass is 113 g/mol. The summed E-state index contributed by atoms with van der Waals surface area (Å²) in [6, 6.07) is 0. The SMILES string of the molecule is [CH]=CCC(O)=CCO. The Hall–Kier alpha value is -0.760. The van der Waals surface area contributed by atoms with Crippen LogP contribution in [0.15, 0.2) is 17.9 Å². The van der Waals surface area contributed by atoms with E-state index < -0.39 is 0 Å². The second-order valence-electron chi connectivity index (χ2n) is 1.32. The van der Waals surface area contributed by atoms with E-state index in [9.17, 15) is 0 Å². The van der Waals surface area contributed by atoms with Crippen LogP contribution in [0.4, 0.5) is 0 Å². The van der Waals surface area contributed by atoms with Gasteiger partial charge in [-0.3, -0.25) is 0 Å². The third-order valence-electron chi connectivity index (χ3n) is 0.654. The molecule has 2 N–H and O–H groups in total. The highest BCUT2D eigenvalue weighted by Crippen LogP contribution is 1.93. The van der Waals surface area contributed by atoms with E-state index in [2.05, 4.69) is 0 Å². The minimum Gasteiger partial charge on any atom is -0.512 e. The van der Waals surface area contributed by atoms with Crippen LogP contribution < -0.4 is 0 Å². The van der Waals surface area contributed by atoms with Crippen molar-refractivity contribution in [3.05, 3.63) is 24.5 Å². The third kappa shape index (κ3) is 3.43. The van der Waals surface area contributed by atoms with E-state index in [0.29, 0.717) is 6.42 Å². The molecule has 0 rings (SSSR count). The van der Waals surface area contributed by atoms with Gasteiger partial charge in [-0.05, 0) is 6.08 Å². The Labute approximate surface area is 48.8 Å². The summed E-state index contributed by atoms with van der Waals surface area (Å²) in [7, 11) is 0. The molecular weight excluding hydrogens is 104 g/mol. The molecule has 0 fully saturated rings. The maximum absolute atomic E-state index is 8.64. The zero-order chi connectivity index (χ0) is 6.41. The first-order chi connectivity index (χ1) is 3.81. The molecule has 45 valence electrons. The van der Waals surface area contributed by atoms with Crippen molar-refractivity contribution in [1.82, 2.24) is 0 Å². The van der Waals surface area contributed by atoms with Gasteiger partial charge in [0.25, 0.3) is 0 Å². The molecule has 1 radical (unpaired) electrons. The van der Waals surface area contributed by atoms with Crippen molar-refractivity contribution in [2.24, 2.45) is 0 Å². The minimum absolute atomic E-state index is 0.106. The molecule has 8 heavy (non-hydrogen) atoms. The van der Waals surface area contributed by atoms with E-state index >= 15 is 0 Å². The summed E-state index contributed by atoms with van der Waals surface area (Å²) in [5.74, 6) is 0.106. The van der Waals surface area contributed by atoms with Crippen LogP contribution in [0.3, 0.4) is 0 Å². The van der Waals surface area contributed by atoms with E-state index in [1.807, 2.05) is 0 Å². The lowest BCUT2D eigenvalue weighted by molar-refractivity contribution is 0.327. The standard InChI is InChI=1S/C6H9O2/c1-2-3-6(8)4-5-7/h1-2,4,7-8H,3,5H2. The molecular formula is C6H9O2. The second-order valence-corrected chi connectivity index (χ2v) is 1.32. The average Bonchev–Trinajstić information content (AvgIpc) is 1.68. The highest BCUT2D eigenvalue weighted by atomic mass is 16.3. The summed E-state index contributed by atoms with van der Waals surface area (Å²) < 4.78 is 0. The van der Waals surface area contributed by atoms with Gasteiger partial charge >= 0.3 is 0 Å². The minimum atomic E-state index is -0.139. The zero-order valence-electron chi connectivity index (χ0n) is 4.54. The van der Waals surface area contributed by atoms with Gasteiger partial charge in [0.15, 0.2) is 0 Å². The molecule has 0 aromatic rings. The number of aliphatic hydroxyl groups excluding tert-OH is 2. The van der Waals surface area contributed by atoms with Crippen LogP contribution in [0.2, 0.25) is 0 Å². The van der Waals surface area contributed by atoms with Crippen LogP contribution in [0.5, 0.6) is 0 Å². The first-order valence-corrected chi connectivity index (χ1v) is 2.33. The van der Waals surface area contributed by atoms with E-state index in [-0.39, 0.29) is 12.4 Å². The van der Waals surface area contributed by atoms with E-state index in [4.69, 9.17) is 16.8 Å². The largest absolute Gasteiger partial charge is 0.512 e. The Morgan fingerprint density at radius 1 is 1.62 bits per heavy atom. The van der Waals surface area contributed by atoms with Gasteiger partial charge < -0.3 is 10.2 Å². The Balaban J connectivity index is 3.44. The Kier molecular flexibility index (Phi) is 3.98. The molecule has 0 spiro atoms. The topological polar surface area (TPSA) is 40.5 Å². The molecule has 0 aromatic heterocycles. The molecule has 0 saturated carbocycles. The van der Waals surface area contributed by atoms with Crippen molar-refractivity contribution in [3.8, 4) is 0 Å². The molecule has 0 heterocycles. The lowest BCUT2D eigenvalue weighted by Gasteiger charge is -1.89. The van der Waals surface area contributed by atoms with Crippen LogP contribution in [-0.2, 0) is 0 Å².